The molecular weight excluding hydrogens is 286 g/mol. The molecule has 0 bridgehead atoms. The minimum absolute atomic E-state index is 0.384. The molecule has 3 nitrogen and oxygen atoms in total. The predicted octanol–water partition coefficient (Wildman–Crippen LogP) is 4.07. The lowest BCUT2D eigenvalue weighted by Crippen LogP contribution is -2.33. The third-order valence-electron chi connectivity index (χ3n) is 4.43. The maximum Gasteiger partial charge on any atom is 0.258 e. The second-order valence-electron chi connectivity index (χ2n) is 6.16. The van der Waals surface area contributed by atoms with Crippen LogP contribution in [0, 0.1) is 0 Å². The molecule has 1 unspecified atom stereocenters. The topological polar surface area (TPSA) is 52.3 Å². The maximum atomic E-state index is 11.6. The number of hydrogen-bond acceptors (Lipinski definition) is 2. The van der Waals surface area contributed by atoms with Crippen LogP contribution in [0.5, 0.6) is 5.75 Å². The standard InChI is InChI=1S/C20H23NO2/c1-2-3-4-9-19(20(21)22)23-16-10-11-18-15(13-16)12-14-7-5-6-8-17(14)18/h5-8,10-11,13,19H,2-4,9,12H2,1H3,(H2,21,22). The van der Waals surface area contributed by atoms with Gasteiger partial charge in [0.25, 0.3) is 5.91 Å². The summed E-state index contributed by atoms with van der Waals surface area (Å²) in [5, 5.41) is 0. The highest BCUT2D eigenvalue weighted by atomic mass is 16.5. The molecule has 0 fully saturated rings. The summed E-state index contributed by atoms with van der Waals surface area (Å²) in [5.74, 6) is 0.349. The summed E-state index contributed by atoms with van der Waals surface area (Å²) in [6, 6.07) is 14.5. The molecule has 1 aliphatic carbocycles. The van der Waals surface area contributed by atoms with Crippen molar-refractivity contribution in [2.45, 2.75) is 45.1 Å². The van der Waals surface area contributed by atoms with E-state index in [1.165, 1.54) is 22.3 Å². The number of benzene rings is 2. The number of hydrogen-bond donors (Lipinski definition) is 1. The number of amides is 1. The number of ether oxygens (including phenoxy) is 1. The first-order valence-corrected chi connectivity index (χ1v) is 8.36. The van der Waals surface area contributed by atoms with Gasteiger partial charge in [-0.3, -0.25) is 4.79 Å². The smallest absolute Gasteiger partial charge is 0.258 e. The van der Waals surface area contributed by atoms with Crippen molar-refractivity contribution in [3.8, 4) is 16.9 Å². The third-order valence-corrected chi connectivity index (χ3v) is 4.43. The van der Waals surface area contributed by atoms with Crippen molar-refractivity contribution < 1.29 is 9.53 Å². The Kier molecular flexibility index (Phi) is 4.65. The van der Waals surface area contributed by atoms with Crippen LogP contribution in [-0.4, -0.2) is 12.0 Å². The zero-order valence-corrected chi connectivity index (χ0v) is 13.5. The number of primary amides is 1. The molecule has 1 aliphatic rings. The second kappa shape index (κ2) is 6.86. The molecule has 2 aromatic rings. The zero-order chi connectivity index (χ0) is 16.2. The Hall–Kier alpha value is -2.29. The van der Waals surface area contributed by atoms with Crippen LogP contribution in [0.25, 0.3) is 11.1 Å². The summed E-state index contributed by atoms with van der Waals surface area (Å²) in [6.45, 7) is 2.14. The fourth-order valence-corrected chi connectivity index (χ4v) is 3.20. The van der Waals surface area contributed by atoms with E-state index in [1.54, 1.807) is 0 Å². The first-order valence-electron chi connectivity index (χ1n) is 8.36. The van der Waals surface area contributed by atoms with E-state index in [0.29, 0.717) is 6.42 Å². The lowest BCUT2D eigenvalue weighted by Gasteiger charge is -2.16. The van der Waals surface area contributed by atoms with Gasteiger partial charge in [0.05, 0.1) is 0 Å². The highest BCUT2D eigenvalue weighted by Crippen LogP contribution is 2.38. The van der Waals surface area contributed by atoms with E-state index < -0.39 is 6.10 Å². The summed E-state index contributed by atoms with van der Waals surface area (Å²) in [7, 11) is 0. The minimum Gasteiger partial charge on any atom is -0.481 e. The molecule has 0 heterocycles. The van der Waals surface area contributed by atoms with Gasteiger partial charge in [-0.05, 0) is 53.6 Å². The summed E-state index contributed by atoms with van der Waals surface area (Å²) < 4.78 is 5.87. The largest absolute Gasteiger partial charge is 0.481 e. The quantitative estimate of drug-likeness (QED) is 0.669. The van der Waals surface area contributed by atoms with Gasteiger partial charge in [0.2, 0.25) is 0 Å². The fourth-order valence-electron chi connectivity index (χ4n) is 3.20. The molecule has 0 radical (unpaired) electrons. The summed E-state index contributed by atoms with van der Waals surface area (Å²) in [4.78, 5) is 11.6. The van der Waals surface area contributed by atoms with E-state index in [1.807, 2.05) is 12.1 Å². The summed E-state index contributed by atoms with van der Waals surface area (Å²) >= 11 is 0. The van der Waals surface area contributed by atoms with Crippen molar-refractivity contribution in [2.75, 3.05) is 0 Å². The molecule has 0 spiro atoms. The van der Waals surface area contributed by atoms with Crippen molar-refractivity contribution in [2.24, 2.45) is 5.73 Å². The Balaban J connectivity index is 1.75. The molecule has 3 heteroatoms. The van der Waals surface area contributed by atoms with E-state index >= 15 is 0 Å². The van der Waals surface area contributed by atoms with Crippen LogP contribution in [0.4, 0.5) is 0 Å². The van der Waals surface area contributed by atoms with Gasteiger partial charge in [-0.1, -0.05) is 50.1 Å². The van der Waals surface area contributed by atoms with E-state index in [-0.39, 0.29) is 5.91 Å². The lowest BCUT2D eigenvalue weighted by atomic mass is 10.1. The van der Waals surface area contributed by atoms with E-state index in [0.717, 1.165) is 31.4 Å². The molecular formula is C20H23NO2. The van der Waals surface area contributed by atoms with Crippen molar-refractivity contribution >= 4 is 5.91 Å². The lowest BCUT2D eigenvalue weighted by molar-refractivity contribution is -0.125. The monoisotopic (exact) mass is 309 g/mol. The van der Waals surface area contributed by atoms with Gasteiger partial charge in [0.1, 0.15) is 5.75 Å². The fraction of sp³-hybridized carbons (Fsp3) is 0.350. The first kappa shape index (κ1) is 15.6. The molecule has 0 saturated heterocycles. The van der Waals surface area contributed by atoms with Crippen LogP contribution in [0.15, 0.2) is 42.5 Å². The van der Waals surface area contributed by atoms with Crippen LogP contribution < -0.4 is 10.5 Å². The van der Waals surface area contributed by atoms with Gasteiger partial charge >= 0.3 is 0 Å². The number of fused-ring (bicyclic) bond motifs is 3. The zero-order valence-electron chi connectivity index (χ0n) is 13.5. The van der Waals surface area contributed by atoms with Crippen molar-refractivity contribution in [1.82, 2.24) is 0 Å². The van der Waals surface area contributed by atoms with Crippen molar-refractivity contribution in [3.05, 3.63) is 53.6 Å². The molecule has 0 saturated carbocycles. The molecule has 2 N–H and O–H groups in total. The van der Waals surface area contributed by atoms with Crippen LogP contribution in [0.1, 0.15) is 43.7 Å². The molecule has 1 atom stereocenters. The molecule has 120 valence electrons. The average molecular weight is 309 g/mol. The third kappa shape index (κ3) is 3.39. The normalized spacial score (nSPS) is 13.3. The number of rotatable bonds is 7. The minimum atomic E-state index is -0.539. The van der Waals surface area contributed by atoms with Gasteiger partial charge in [0, 0.05) is 0 Å². The molecule has 0 aliphatic heterocycles. The Labute approximate surface area is 137 Å². The number of unbranched alkanes of at least 4 members (excludes halogenated alkanes) is 2. The van der Waals surface area contributed by atoms with Crippen LogP contribution in [-0.2, 0) is 11.2 Å². The van der Waals surface area contributed by atoms with Crippen LogP contribution >= 0.6 is 0 Å². The highest BCUT2D eigenvalue weighted by molar-refractivity contribution is 5.80. The van der Waals surface area contributed by atoms with Crippen molar-refractivity contribution in [1.29, 1.82) is 0 Å². The van der Waals surface area contributed by atoms with Gasteiger partial charge in [-0.2, -0.15) is 0 Å². The van der Waals surface area contributed by atoms with Gasteiger partial charge in [-0.25, -0.2) is 0 Å². The predicted molar refractivity (Wildman–Crippen MR) is 92.4 cm³/mol. The number of carbonyl (C=O) groups is 1. The number of nitrogens with two attached hydrogens (primary N) is 1. The van der Waals surface area contributed by atoms with Gasteiger partial charge in [-0.15, -0.1) is 0 Å². The SMILES string of the molecule is CCCCCC(Oc1ccc2c(c1)Cc1ccccc1-2)C(N)=O. The Morgan fingerprint density at radius 2 is 1.91 bits per heavy atom. The Bertz CT molecular complexity index is 709. The van der Waals surface area contributed by atoms with Gasteiger partial charge in [0.15, 0.2) is 6.10 Å². The van der Waals surface area contributed by atoms with Crippen molar-refractivity contribution in [3.63, 3.8) is 0 Å². The molecule has 3 rings (SSSR count). The van der Waals surface area contributed by atoms with Crippen LogP contribution in [0.2, 0.25) is 0 Å². The molecule has 0 aromatic heterocycles. The Morgan fingerprint density at radius 3 is 2.70 bits per heavy atom. The summed E-state index contributed by atoms with van der Waals surface area (Å²) in [5.41, 5.74) is 10.6. The maximum absolute atomic E-state index is 11.6. The van der Waals surface area contributed by atoms with Gasteiger partial charge < -0.3 is 10.5 Å². The average Bonchev–Trinajstić information content (AvgIpc) is 2.91. The molecule has 2 aromatic carbocycles. The highest BCUT2D eigenvalue weighted by Gasteiger charge is 2.21. The second-order valence-corrected chi connectivity index (χ2v) is 6.16. The number of carbonyl (C=O) groups excluding carboxylic acids is 1. The van der Waals surface area contributed by atoms with E-state index in [9.17, 15) is 4.79 Å². The van der Waals surface area contributed by atoms with E-state index in [4.69, 9.17) is 10.5 Å². The van der Waals surface area contributed by atoms with Crippen LogP contribution in [0.3, 0.4) is 0 Å². The molecule has 1 amide bonds. The Morgan fingerprint density at radius 1 is 1.13 bits per heavy atom. The molecule has 23 heavy (non-hydrogen) atoms. The van der Waals surface area contributed by atoms with E-state index in [2.05, 4.69) is 37.3 Å². The first-order chi connectivity index (χ1) is 11.2. The summed E-state index contributed by atoms with van der Waals surface area (Å²) in [6.07, 6.45) is 4.22.